The molecule has 0 amide bonds. The second kappa shape index (κ2) is 3.77. The van der Waals surface area contributed by atoms with Crippen LogP contribution in [-0.2, 0) is 0 Å². The van der Waals surface area contributed by atoms with Crippen LogP contribution >= 0.6 is 0 Å². The van der Waals surface area contributed by atoms with Crippen molar-refractivity contribution in [3.8, 4) is 5.69 Å². The summed E-state index contributed by atoms with van der Waals surface area (Å²) in [6.07, 6.45) is 0. The van der Waals surface area contributed by atoms with Crippen molar-refractivity contribution in [3.63, 3.8) is 0 Å². The zero-order valence-corrected chi connectivity index (χ0v) is 9.31. The Balaban J connectivity index is 2.53. The molecule has 2 rings (SSSR count). The molecule has 0 unspecified atom stereocenters. The molecule has 0 spiro atoms. The fraction of sp³-hybridized carbons (Fsp3) is 0.250. The van der Waals surface area contributed by atoms with Crippen LogP contribution in [0.4, 0.5) is 5.82 Å². The van der Waals surface area contributed by atoms with Crippen LogP contribution in [0.5, 0.6) is 0 Å². The van der Waals surface area contributed by atoms with Gasteiger partial charge in [0.15, 0.2) is 0 Å². The number of nitrogens with zero attached hydrogens (tertiary/aromatic N) is 3. The smallest absolute Gasteiger partial charge is 0.132 e. The molecule has 0 N–H and O–H groups in total. The van der Waals surface area contributed by atoms with E-state index in [1.165, 1.54) is 0 Å². The van der Waals surface area contributed by atoms with Crippen LogP contribution in [0.15, 0.2) is 36.4 Å². The molecule has 0 radical (unpaired) electrons. The molecule has 3 heteroatoms. The van der Waals surface area contributed by atoms with Gasteiger partial charge < -0.3 is 4.90 Å². The lowest BCUT2D eigenvalue weighted by Crippen LogP contribution is -2.13. The number of benzene rings is 1. The number of para-hydroxylation sites is 1. The van der Waals surface area contributed by atoms with E-state index in [4.69, 9.17) is 0 Å². The van der Waals surface area contributed by atoms with Gasteiger partial charge in [-0.25, -0.2) is 4.68 Å². The number of hydrogen-bond acceptors (Lipinski definition) is 2. The first-order valence-electron chi connectivity index (χ1n) is 4.98. The molecule has 2 aromatic rings. The maximum atomic E-state index is 4.48. The number of aryl methyl sites for hydroxylation is 1. The highest BCUT2D eigenvalue weighted by Gasteiger charge is 2.08. The fourth-order valence-corrected chi connectivity index (χ4v) is 1.56. The van der Waals surface area contributed by atoms with Gasteiger partial charge >= 0.3 is 0 Å². The molecule has 1 aromatic carbocycles. The standard InChI is InChI=1S/C12H15N3/c1-10-9-12(14(2)3)15(13-10)11-7-5-4-6-8-11/h4-9H,1-3H3. The van der Waals surface area contributed by atoms with E-state index >= 15 is 0 Å². The number of anilines is 1. The largest absolute Gasteiger partial charge is 0.363 e. The Morgan fingerprint density at radius 2 is 1.80 bits per heavy atom. The molecule has 15 heavy (non-hydrogen) atoms. The van der Waals surface area contributed by atoms with E-state index in [-0.39, 0.29) is 0 Å². The first kappa shape index (κ1) is 9.77. The zero-order chi connectivity index (χ0) is 10.8. The maximum absolute atomic E-state index is 4.48. The predicted octanol–water partition coefficient (Wildman–Crippen LogP) is 2.25. The highest BCUT2D eigenvalue weighted by atomic mass is 15.4. The summed E-state index contributed by atoms with van der Waals surface area (Å²) in [5, 5.41) is 4.48. The van der Waals surface area contributed by atoms with Gasteiger partial charge in [0.25, 0.3) is 0 Å². The average molecular weight is 201 g/mol. The molecule has 1 heterocycles. The van der Waals surface area contributed by atoms with Gasteiger partial charge in [0.05, 0.1) is 11.4 Å². The number of rotatable bonds is 2. The first-order chi connectivity index (χ1) is 7.18. The SMILES string of the molecule is Cc1cc(N(C)C)n(-c2ccccc2)n1. The van der Waals surface area contributed by atoms with Gasteiger partial charge in [0, 0.05) is 20.2 Å². The summed E-state index contributed by atoms with van der Waals surface area (Å²) in [5.41, 5.74) is 2.12. The minimum atomic E-state index is 1.03. The lowest BCUT2D eigenvalue weighted by molar-refractivity contribution is 0.841. The Morgan fingerprint density at radius 3 is 2.40 bits per heavy atom. The molecular formula is C12H15N3. The van der Waals surface area contributed by atoms with Gasteiger partial charge in [0.2, 0.25) is 0 Å². The van der Waals surface area contributed by atoms with Crippen LogP contribution in [0, 0.1) is 6.92 Å². The molecule has 0 aliphatic heterocycles. The summed E-state index contributed by atoms with van der Waals surface area (Å²) in [4.78, 5) is 2.06. The van der Waals surface area contributed by atoms with Crippen LogP contribution in [0.1, 0.15) is 5.69 Å². The van der Waals surface area contributed by atoms with Crippen molar-refractivity contribution in [2.24, 2.45) is 0 Å². The van der Waals surface area contributed by atoms with Gasteiger partial charge in [-0.3, -0.25) is 0 Å². The van der Waals surface area contributed by atoms with Crippen molar-refractivity contribution in [2.75, 3.05) is 19.0 Å². The first-order valence-corrected chi connectivity index (χ1v) is 4.98. The quantitative estimate of drug-likeness (QED) is 0.743. The molecule has 78 valence electrons. The van der Waals surface area contributed by atoms with Crippen molar-refractivity contribution in [3.05, 3.63) is 42.1 Å². The average Bonchev–Trinajstić information content (AvgIpc) is 2.62. The second-order valence-electron chi connectivity index (χ2n) is 3.79. The Morgan fingerprint density at radius 1 is 1.13 bits per heavy atom. The summed E-state index contributed by atoms with van der Waals surface area (Å²) in [6, 6.07) is 12.2. The Kier molecular flexibility index (Phi) is 2.46. The van der Waals surface area contributed by atoms with E-state index in [1.807, 2.05) is 43.9 Å². The molecule has 0 aliphatic rings. The van der Waals surface area contributed by atoms with E-state index in [0.29, 0.717) is 0 Å². The topological polar surface area (TPSA) is 21.1 Å². The predicted molar refractivity (Wildman–Crippen MR) is 62.6 cm³/mol. The molecule has 1 aromatic heterocycles. The summed E-state index contributed by atoms with van der Waals surface area (Å²) in [7, 11) is 4.05. The Bertz CT molecular complexity index is 443. The van der Waals surface area contributed by atoms with Crippen LogP contribution in [0.25, 0.3) is 5.69 Å². The molecule has 0 atom stereocenters. The van der Waals surface area contributed by atoms with E-state index < -0.39 is 0 Å². The molecule has 3 nitrogen and oxygen atoms in total. The third kappa shape index (κ3) is 1.86. The normalized spacial score (nSPS) is 10.3. The highest BCUT2D eigenvalue weighted by molar-refractivity contribution is 5.47. The molecule has 0 saturated carbocycles. The van der Waals surface area contributed by atoms with Crippen molar-refractivity contribution in [1.29, 1.82) is 0 Å². The van der Waals surface area contributed by atoms with Gasteiger partial charge in [0.1, 0.15) is 5.82 Å². The monoisotopic (exact) mass is 201 g/mol. The lowest BCUT2D eigenvalue weighted by Gasteiger charge is -2.14. The molecule has 0 bridgehead atoms. The number of aromatic nitrogens is 2. The maximum Gasteiger partial charge on any atom is 0.132 e. The number of hydrogen-bond donors (Lipinski definition) is 0. The Labute approximate surface area is 90.0 Å². The zero-order valence-electron chi connectivity index (χ0n) is 9.31. The van der Waals surface area contributed by atoms with E-state index in [1.54, 1.807) is 0 Å². The van der Waals surface area contributed by atoms with Gasteiger partial charge in [-0.05, 0) is 19.1 Å². The van der Waals surface area contributed by atoms with E-state index in [0.717, 1.165) is 17.2 Å². The molecule has 0 saturated heterocycles. The molecular weight excluding hydrogens is 186 g/mol. The third-order valence-electron chi connectivity index (χ3n) is 2.27. The van der Waals surface area contributed by atoms with Crippen molar-refractivity contribution < 1.29 is 0 Å². The van der Waals surface area contributed by atoms with Crippen molar-refractivity contribution >= 4 is 5.82 Å². The highest BCUT2D eigenvalue weighted by Crippen LogP contribution is 2.18. The van der Waals surface area contributed by atoms with Crippen molar-refractivity contribution in [2.45, 2.75) is 6.92 Å². The van der Waals surface area contributed by atoms with Gasteiger partial charge in [-0.2, -0.15) is 5.10 Å². The summed E-state index contributed by atoms with van der Waals surface area (Å²) in [6.45, 7) is 2.01. The van der Waals surface area contributed by atoms with Crippen LogP contribution < -0.4 is 4.90 Å². The van der Waals surface area contributed by atoms with Crippen molar-refractivity contribution in [1.82, 2.24) is 9.78 Å². The van der Waals surface area contributed by atoms with Gasteiger partial charge in [-0.15, -0.1) is 0 Å². The second-order valence-corrected chi connectivity index (χ2v) is 3.79. The van der Waals surface area contributed by atoms with E-state index in [2.05, 4.69) is 28.2 Å². The van der Waals surface area contributed by atoms with Gasteiger partial charge in [-0.1, -0.05) is 18.2 Å². The molecule has 0 aliphatic carbocycles. The van der Waals surface area contributed by atoms with Crippen LogP contribution in [0.3, 0.4) is 0 Å². The fourth-order valence-electron chi connectivity index (χ4n) is 1.56. The summed E-state index contributed by atoms with van der Waals surface area (Å²) in [5.74, 6) is 1.10. The van der Waals surface area contributed by atoms with Crippen LogP contribution in [0.2, 0.25) is 0 Å². The Hall–Kier alpha value is -1.77. The minimum absolute atomic E-state index is 1.03. The third-order valence-corrected chi connectivity index (χ3v) is 2.27. The van der Waals surface area contributed by atoms with E-state index in [9.17, 15) is 0 Å². The molecule has 0 fully saturated rings. The minimum Gasteiger partial charge on any atom is -0.363 e. The lowest BCUT2D eigenvalue weighted by atomic mass is 10.3. The summed E-state index contributed by atoms with van der Waals surface area (Å²) < 4.78 is 1.95. The summed E-state index contributed by atoms with van der Waals surface area (Å²) >= 11 is 0. The van der Waals surface area contributed by atoms with Crippen LogP contribution in [-0.4, -0.2) is 23.9 Å².